The molecule has 0 rings (SSSR count). The first-order valence-electron chi connectivity index (χ1n) is 4.47. The van der Waals surface area contributed by atoms with Crippen molar-refractivity contribution in [1.82, 2.24) is 10.2 Å². The van der Waals surface area contributed by atoms with E-state index >= 15 is 0 Å². The van der Waals surface area contributed by atoms with Gasteiger partial charge in [-0.2, -0.15) is 0 Å². The topological polar surface area (TPSA) is 75.4 Å². The Morgan fingerprint density at radius 2 is 1.69 bits per heavy atom. The van der Waals surface area contributed by atoms with Crippen LogP contribution in [0.25, 0.3) is 0 Å². The van der Waals surface area contributed by atoms with Crippen LogP contribution in [0.4, 0.5) is 9.59 Å². The zero-order valence-corrected chi connectivity index (χ0v) is 8.17. The van der Waals surface area contributed by atoms with E-state index in [1.807, 2.05) is 19.2 Å². The van der Waals surface area contributed by atoms with Crippen LogP contribution in [-0.4, -0.2) is 30.1 Å². The van der Waals surface area contributed by atoms with Crippen LogP contribution in [-0.2, 0) is 0 Å². The Balaban J connectivity index is 4.02. The van der Waals surface area contributed by atoms with Crippen molar-refractivity contribution in [2.24, 2.45) is 5.73 Å². The van der Waals surface area contributed by atoms with E-state index < -0.39 is 12.1 Å². The van der Waals surface area contributed by atoms with Crippen LogP contribution in [0.3, 0.4) is 0 Å². The summed E-state index contributed by atoms with van der Waals surface area (Å²) in [7, 11) is 0. The number of imide groups is 1. The molecule has 5 heteroatoms. The maximum Gasteiger partial charge on any atom is 0.325 e. The summed E-state index contributed by atoms with van der Waals surface area (Å²) in [6, 6.07) is -1.21. The molecular weight excluding hydrogens is 170 g/mol. The van der Waals surface area contributed by atoms with Gasteiger partial charge in [-0.1, -0.05) is 13.8 Å². The zero-order valence-electron chi connectivity index (χ0n) is 8.17. The number of nitrogens with zero attached hydrogens (tertiary/aromatic N) is 1. The third kappa shape index (κ3) is 5.05. The van der Waals surface area contributed by atoms with Crippen LogP contribution in [0, 0.1) is 0 Å². The van der Waals surface area contributed by atoms with Crippen molar-refractivity contribution in [2.75, 3.05) is 13.1 Å². The van der Waals surface area contributed by atoms with E-state index in [1.165, 1.54) is 0 Å². The van der Waals surface area contributed by atoms with Crippen molar-refractivity contribution in [1.29, 1.82) is 0 Å². The minimum absolute atomic E-state index is 0.406. The molecule has 0 unspecified atom stereocenters. The molecule has 0 aromatic heterocycles. The fourth-order valence-corrected chi connectivity index (χ4v) is 1.04. The highest BCUT2D eigenvalue weighted by Gasteiger charge is 2.12. The molecule has 0 fully saturated rings. The van der Waals surface area contributed by atoms with Crippen molar-refractivity contribution in [2.45, 2.75) is 26.7 Å². The summed E-state index contributed by atoms with van der Waals surface area (Å²) in [4.78, 5) is 23.2. The molecule has 0 aromatic carbocycles. The van der Waals surface area contributed by atoms with E-state index in [-0.39, 0.29) is 0 Å². The number of carbonyl (C=O) groups excluding carboxylic acids is 2. The lowest BCUT2D eigenvalue weighted by Crippen LogP contribution is -2.45. The molecule has 4 amide bonds. The van der Waals surface area contributed by atoms with Crippen LogP contribution in [0.5, 0.6) is 0 Å². The molecule has 0 heterocycles. The second kappa shape index (κ2) is 6.28. The van der Waals surface area contributed by atoms with E-state index in [0.29, 0.717) is 13.1 Å². The molecule has 76 valence electrons. The Kier molecular flexibility index (Phi) is 5.67. The number of primary amides is 1. The van der Waals surface area contributed by atoms with Crippen LogP contribution in [0.2, 0.25) is 0 Å². The molecule has 0 atom stereocenters. The number of hydrogen-bond acceptors (Lipinski definition) is 2. The Bertz CT molecular complexity index is 176. The molecule has 0 saturated carbocycles. The molecular formula is C8H17N3O2. The van der Waals surface area contributed by atoms with Gasteiger partial charge in [0.15, 0.2) is 0 Å². The SMILES string of the molecule is CCCN(CCC)C(=O)NC(N)=O. The monoisotopic (exact) mass is 187 g/mol. The Labute approximate surface area is 78.3 Å². The number of carbonyl (C=O) groups is 2. The van der Waals surface area contributed by atoms with E-state index in [4.69, 9.17) is 5.73 Å². The summed E-state index contributed by atoms with van der Waals surface area (Å²) < 4.78 is 0. The number of hydrogen-bond donors (Lipinski definition) is 2. The normalized spacial score (nSPS) is 9.38. The van der Waals surface area contributed by atoms with Crippen molar-refractivity contribution in [3.8, 4) is 0 Å². The fourth-order valence-electron chi connectivity index (χ4n) is 1.04. The molecule has 0 aliphatic heterocycles. The summed E-state index contributed by atoms with van der Waals surface area (Å²) in [6.07, 6.45) is 1.73. The van der Waals surface area contributed by atoms with Crippen LogP contribution in [0.1, 0.15) is 26.7 Å². The number of rotatable bonds is 4. The maximum atomic E-state index is 11.2. The van der Waals surface area contributed by atoms with Crippen LogP contribution >= 0.6 is 0 Å². The summed E-state index contributed by atoms with van der Waals surface area (Å²) in [5.41, 5.74) is 4.83. The van der Waals surface area contributed by atoms with Gasteiger partial charge in [-0.25, -0.2) is 9.59 Å². The number of nitrogens with one attached hydrogen (secondary N) is 1. The maximum absolute atomic E-state index is 11.2. The van der Waals surface area contributed by atoms with Gasteiger partial charge in [0.05, 0.1) is 0 Å². The summed E-state index contributed by atoms with van der Waals surface area (Å²) in [5.74, 6) is 0. The molecule has 13 heavy (non-hydrogen) atoms. The van der Waals surface area contributed by atoms with Gasteiger partial charge in [0.2, 0.25) is 0 Å². The highest BCUT2D eigenvalue weighted by atomic mass is 16.2. The van der Waals surface area contributed by atoms with Crippen LogP contribution < -0.4 is 11.1 Å². The van der Waals surface area contributed by atoms with Gasteiger partial charge in [-0.15, -0.1) is 0 Å². The lowest BCUT2D eigenvalue weighted by molar-refractivity contribution is 0.196. The smallest absolute Gasteiger partial charge is 0.325 e. The van der Waals surface area contributed by atoms with E-state index in [1.54, 1.807) is 4.90 Å². The number of nitrogens with two attached hydrogens (primary N) is 1. The molecule has 0 aliphatic rings. The number of amides is 4. The van der Waals surface area contributed by atoms with Crippen LogP contribution in [0.15, 0.2) is 0 Å². The molecule has 0 spiro atoms. The zero-order chi connectivity index (χ0) is 10.3. The third-order valence-electron chi connectivity index (χ3n) is 1.50. The van der Waals surface area contributed by atoms with Crippen molar-refractivity contribution in [3.63, 3.8) is 0 Å². The Morgan fingerprint density at radius 1 is 1.23 bits per heavy atom. The molecule has 5 nitrogen and oxygen atoms in total. The van der Waals surface area contributed by atoms with Gasteiger partial charge < -0.3 is 10.6 Å². The molecule has 0 radical (unpaired) electrons. The average Bonchev–Trinajstić information content (AvgIpc) is 2.02. The molecule has 0 saturated heterocycles. The minimum Gasteiger partial charge on any atom is -0.351 e. The third-order valence-corrected chi connectivity index (χ3v) is 1.50. The quantitative estimate of drug-likeness (QED) is 0.686. The number of urea groups is 2. The van der Waals surface area contributed by atoms with Gasteiger partial charge in [0, 0.05) is 13.1 Å². The van der Waals surface area contributed by atoms with Crippen molar-refractivity contribution >= 4 is 12.1 Å². The average molecular weight is 187 g/mol. The largest absolute Gasteiger partial charge is 0.351 e. The lowest BCUT2D eigenvalue weighted by Gasteiger charge is -2.20. The van der Waals surface area contributed by atoms with Gasteiger partial charge in [-0.05, 0) is 12.8 Å². The standard InChI is InChI=1S/C8H17N3O2/c1-3-5-11(6-4-2)8(13)10-7(9)12/h3-6H2,1-2H3,(H3,9,10,12,13). The summed E-state index contributed by atoms with van der Waals surface area (Å²) in [6.45, 7) is 5.24. The van der Waals surface area contributed by atoms with E-state index in [0.717, 1.165) is 12.8 Å². The Morgan fingerprint density at radius 3 is 2.00 bits per heavy atom. The van der Waals surface area contributed by atoms with Gasteiger partial charge in [0.1, 0.15) is 0 Å². The predicted molar refractivity (Wildman–Crippen MR) is 50.3 cm³/mol. The minimum atomic E-state index is -0.804. The highest BCUT2D eigenvalue weighted by molar-refractivity contribution is 5.92. The molecule has 3 N–H and O–H groups in total. The summed E-state index contributed by atoms with van der Waals surface area (Å²) >= 11 is 0. The molecule has 0 aromatic rings. The first-order chi connectivity index (χ1) is 6.11. The highest BCUT2D eigenvalue weighted by Crippen LogP contribution is 1.94. The van der Waals surface area contributed by atoms with E-state index in [2.05, 4.69) is 0 Å². The van der Waals surface area contributed by atoms with Gasteiger partial charge in [-0.3, -0.25) is 5.32 Å². The first-order valence-corrected chi connectivity index (χ1v) is 4.47. The summed E-state index contributed by atoms with van der Waals surface area (Å²) in [5, 5.41) is 2.04. The van der Waals surface area contributed by atoms with Crippen molar-refractivity contribution in [3.05, 3.63) is 0 Å². The lowest BCUT2D eigenvalue weighted by atomic mass is 10.4. The van der Waals surface area contributed by atoms with E-state index in [9.17, 15) is 9.59 Å². The molecule has 0 bridgehead atoms. The van der Waals surface area contributed by atoms with Gasteiger partial charge >= 0.3 is 12.1 Å². The second-order valence-corrected chi connectivity index (χ2v) is 2.78. The second-order valence-electron chi connectivity index (χ2n) is 2.78. The Hall–Kier alpha value is -1.26. The molecule has 0 aliphatic carbocycles. The first kappa shape index (κ1) is 11.7. The predicted octanol–water partition coefficient (Wildman–Crippen LogP) is 0.897. The van der Waals surface area contributed by atoms with Gasteiger partial charge in [0.25, 0.3) is 0 Å². The fraction of sp³-hybridized carbons (Fsp3) is 0.750. The van der Waals surface area contributed by atoms with Crippen molar-refractivity contribution < 1.29 is 9.59 Å².